The fourth-order valence-electron chi connectivity index (χ4n) is 1.76. The van der Waals surface area contributed by atoms with E-state index in [1.165, 1.54) is 5.56 Å². The summed E-state index contributed by atoms with van der Waals surface area (Å²) in [7, 11) is 0. The number of rotatable bonds is 5. The largest absolute Gasteiger partial charge is 0.343 e. The van der Waals surface area contributed by atoms with Gasteiger partial charge in [-0.3, -0.25) is 4.79 Å². The zero-order chi connectivity index (χ0) is 12.0. The van der Waals surface area contributed by atoms with Gasteiger partial charge in [0.2, 0.25) is 5.91 Å². The molecule has 0 aliphatic rings. The molecule has 0 unspecified atom stereocenters. The molecule has 0 bridgehead atoms. The lowest BCUT2D eigenvalue weighted by Crippen LogP contribution is -2.31. The number of carbonyl (C=O) groups is 1. The molecule has 2 heteroatoms. The molecular weight excluding hydrogens is 198 g/mol. The number of likely N-dealkylation sites (N-methyl/N-ethyl adjacent to an activating group) is 1. The number of carbonyl (C=O) groups excluding carboxylic acids is 1. The molecule has 0 saturated carbocycles. The maximum Gasteiger partial charge on any atom is 0.226 e. The molecule has 2 nitrogen and oxygen atoms in total. The van der Waals surface area contributed by atoms with Crippen LogP contribution < -0.4 is 0 Å². The molecular formula is C14H21NO. The van der Waals surface area contributed by atoms with Crippen molar-refractivity contribution in [2.75, 3.05) is 13.1 Å². The topological polar surface area (TPSA) is 20.3 Å². The van der Waals surface area contributed by atoms with Gasteiger partial charge in [0.25, 0.3) is 0 Å². The summed E-state index contributed by atoms with van der Waals surface area (Å²) < 4.78 is 0. The predicted octanol–water partition coefficient (Wildman–Crippen LogP) is 2.66. The summed E-state index contributed by atoms with van der Waals surface area (Å²) in [4.78, 5) is 13.7. The molecule has 0 saturated heterocycles. The summed E-state index contributed by atoms with van der Waals surface area (Å²) in [6.07, 6.45) is 1.57. The highest BCUT2D eigenvalue weighted by Gasteiger charge is 2.09. The minimum absolute atomic E-state index is 0.217. The van der Waals surface area contributed by atoms with E-state index in [-0.39, 0.29) is 5.91 Å². The van der Waals surface area contributed by atoms with Gasteiger partial charge in [-0.05, 0) is 31.4 Å². The lowest BCUT2D eigenvalue weighted by atomic mass is 10.1. The second-order valence-corrected chi connectivity index (χ2v) is 3.91. The van der Waals surface area contributed by atoms with E-state index in [1.54, 1.807) is 0 Å². The molecule has 1 aromatic rings. The van der Waals surface area contributed by atoms with E-state index in [9.17, 15) is 4.79 Å². The van der Waals surface area contributed by atoms with Gasteiger partial charge in [-0.1, -0.05) is 31.2 Å². The zero-order valence-electron chi connectivity index (χ0n) is 10.5. The second kappa shape index (κ2) is 6.31. The van der Waals surface area contributed by atoms with Crippen molar-refractivity contribution in [3.05, 3.63) is 35.4 Å². The predicted molar refractivity (Wildman–Crippen MR) is 67.5 cm³/mol. The molecule has 0 aromatic heterocycles. The number of aryl methyl sites for hydroxylation is 1. The highest BCUT2D eigenvalue weighted by Crippen LogP contribution is 2.07. The van der Waals surface area contributed by atoms with Crippen molar-refractivity contribution < 1.29 is 4.79 Å². The highest BCUT2D eigenvalue weighted by atomic mass is 16.2. The van der Waals surface area contributed by atoms with Crippen molar-refractivity contribution >= 4 is 5.91 Å². The van der Waals surface area contributed by atoms with E-state index in [0.717, 1.165) is 25.1 Å². The van der Waals surface area contributed by atoms with Crippen molar-refractivity contribution in [1.82, 2.24) is 4.90 Å². The van der Waals surface area contributed by atoms with Gasteiger partial charge < -0.3 is 4.90 Å². The normalized spacial score (nSPS) is 10.2. The van der Waals surface area contributed by atoms with Gasteiger partial charge in [-0.2, -0.15) is 0 Å². The quantitative estimate of drug-likeness (QED) is 0.745. The molecule has 1 amide bonds. The summed E-state index contributed by atoms with van der Waals surface area (Å²) in [5, 5.41) is 0. The monoisotopic (exact) mass is 219 g/mol. The fraction of sp³-hybridized carbons (Fsp3) is 0.500. The average Bonchev–Trinajstić information content (AvgIpc) is 2.31. The summed E-state index contributed by atoms with van der Waals surface area (Å²) in [5.74, 6) is 0.217. The van der Waals surface area contributed by atoms with E-state index in [1.807, 2.05) is 18.7 Å². The molecule has 0 atom stereocenters. The van der Waals surface area contributed by atoms with Crippen molar-refractivity contribution in [2.45, 2.75) is 33.6 Å². The Balaban J connectivity index is 2.62. The van der Waals surface area contributed by atoms with Crippen molar-refractivity contribution in [3.8, 4) is 0 Å². The summed E-state index contributed by atoms with van der Waals surface area (Å²) >= 11 is 0. The Bertz CT molecular complexity index is 325. The first-order valence-corrected chi connectivity index (χ1v) is 6.06. The summed E-state index contributed by atoms with van der Waals surface area (Å²) in [6.45, 7) is 7.75. The van der Waals surface area contributed by atoms with E-state index >= 15 is 0 Å². The Labute approximate surface area is 98.3 Å². The zero-order valence-corrected chi connectivity index (χ0v) is 10.5. The SMILES string of the molecule is CCc1ccc(CC(=O)N(CC)CC)cc1. The van der Waals surface area contributed by atoms with Gasteiger partial charge in [0.15, 0.2) is 0 Å². The van der Waals surface area contributed by atoms with Crippen LogP contribution in [0.3, 0.4) is 0 Å². The Morgan fingerprint density at radius 2 is 1.50 bits per heavy atom. The molecule has 0 aliphatic carbocycles. The molecule has 88 valence electrons. The highest BCUT2D eigenvalue weighted by molar-refractivity contribution is 5.78. The van der Waals surface area contributed by atoms with E-state index in [0.29, 0.717) is 6.42 Å². The summed E-state index contributed by atoms with van der Waals surface area (Å²) in [6, 6.07) is 8.32. The first kappa shape index (κ1) is 12.8. The van der Waals surface area contributed by atoms with Gasteiger partial charge in [0.05, 0.1) is 6.42 Å². The number of hydrogen-bond donors (Lipinski definition) is 0. The molecule has 0 aliphatic heterocycles. The number of benzene rings is 1. The van der Waals surface area contributed by atoms with Crippen LogP contribution >= 0.6 is 0 Å². The number of amides is 1. The minimum Gasteiger partial charge on any atom is -0.343 e. The van der Waals surface area contributed by atoms with Gasteiger partial charge >= 0.3 is 0 Å². The molecule has 1 aromatic carbocycles. The van der Waals surface area contributed by atoms with Gasteiger partial charge in [0, 0.05) is 13.1 Å². The fourth-order valence-corrected chi connectivity index (χ4v) is 1.76. The molecule has 0 spiro atoms. The van der Waals surface area contributed by atoms with Crippen LogP contribution in [0.15, 0.2) is 24.3 Å². The molecule has 1 rings (SSSR count). The van der Waals surface area contributed by atoms with E-state index in [2.05, 4.69) is 31.2 Å². The van der Waals surface area contributed by atoms with Crippen LogP contribution in [0.5, 0.6) is 0 Å². The van der Waals surface area contributed by atoms with Crippen LogP contribution in [-0.2, 0) is 17.6 Å². The Kier molecular flexibility index (Phi) is 5.03. The third-order valence-corrected chi connectivity index (χ3v) is 2.90. The standard InChI is InChI=1S/C14H21NO/c1-4-12-7-9-13(10-8-12)11-14(16)15(5-2)6-3/h7-10H,4-6,11H2,1-3H3. The van der Waals surface area contributed by atoms with Crippen LogP contribution in [0.4, 0.5) is 0 Å². The van der Waals surface area contributed by atoms with Crippen LogP contribution in [-0.4, -0.2) is 23.9 Å². The van der Waals surface area contributed by atoms with E-state index < -0.39 is 0 Å². The molecule has 0 N–H and O–H groups in total. The van der Waals surface area contributed by atoms with Crippen LogP contribution in [0.1, 0.15) is 31.9 Å². The van der Waals surface area contributed by atoms with Crippen LogP contribution in [0.25, 0.3) is 0 Å². The van der Waals surface area contributed by atoms with Gasteiger partial charge in [0.1, 0.15) is 0 Å². The van der Waals surface area contributed by atoms with Gasteiger partial charge in [-0.15, -0.1) is 0 Å². The maximum absolute atomic E-state index is 11.9. The maximum atomic E-state index is 11.9. The number of nitrogens with zero attached hydrogens (tertiary/aromatic N) is 1. The van der Waals surface area contributed by atoms with Crippen LogP contribution in [0.2, 0.25) is 0 Å². The smallest absolute Gasteiger partial charge is 0.226 e. The molecule has 0 heterocycles. The van der Waals surface area contributed by atoms with E-state index in [4.69, 9.17) is 0 Å². The first-order valence-electron chi connectivity index (χ1n) is 6.06. The Morgan fingerprint density at radius 1 is 1.00 bits per heavy atom. The van der Waals surface area contributed by atoms with Crippen molar-refractivity contribution in [2.24, 2.45) is 0 Å². The lowest BCUT2D eigenvalue weighted by molar-refractivity contribution is -0.130. The molecule has 16 heavy (non-hydrogen) atoms. The third kappa shape index (κ3) is 3.37. The van der Waals surface area contributed by atoms with Gasteiger partial charge in [-0.25, -0.2) is 0 Å². The molecule has 0 fully saturated rings. The summed E-state index contributed by atoms with van der Waals surface area (Å²) in [5.41, 5.74) is 2.42. The second-order valence-electron chi connectivity index (χ2n) is 3.91. The number of hydrogen-bond acceptors (Lipinski definition) is 1. The Morgan fingerprint density at radius 3 is 1.94 bits per heavy atom. The first-order chi connectivity index (χ1) is 7.71. The average molecular weight is 219 g/mol. The third-order valence-electron chi connectivity index (χ3n) is 2.90. The molecule has 0 radical (unpaired) electrons. The lowest BCUT2D eigenvalue weighted by Gasteiger charge is -2.18. The Hall–Kier alpha value is -1.31. The minimum atomic E-state index is 0.217. The van der Waals surface area contributed by atoms with Crippen molar-refractivity contribution in [1.29, 1.82) is 0 Å². The van der Waals surface area contributed by atoms with Crippen LogP contribution in [0, 0.1) is 0 Å². The van der Waals surface area contributed by atoms with Crippen molar-refractivity contribution in [3.63, 3.8) is 0 Å².